The first kappa shape index (κ1) is 11.1. The molecule has 1 unspecified atom stereocenters. The van der Waals surface area contributed by atoms with Gasteiger partial charge in [-0.15, -0.1) is 0 Å². The van der Waals surface area contributed by atoms with E-state index in [1.807, 2.05) is 4.98 Å². The van der Waals surface area contributed by atoms with Crippen LogP contribution in [-0.2, 0) is 6.54 Å². The van der Waals surface area contributed by atoms with Crippen molar-refractivity contribution in [2.75, 3.05) is 6.67 Å². The minimum Gasteiger partial charge on any atom is -0.389 e. The minimum absolute atomic E-state index is 0.156. The van der Waals surface area contributed by atoms with Gasteiger partial charge in [-0.2, -0.15) is 0 Å². The highest BCUT2D eigenvalue weighted by atomic mass is 79.9. The fraction of sp³-hybridized carbons (Fsp3) is 0.429. The van der Waals surface area contributed by atoms with Crippen molar-refractivity contribution < 1.29 is 9.50 Å². The maximum Gasteiger partial charge on any atom is 0.328 e. The first-order chi connectivity index (χ1) is 6.54. The van der Waals surface area contributed by atoms with Gasteiger partial charge in [-0.1, -0.05) is 0 Å². The lowest BCUT2D eigenvalue weighted by atomic mass is 10.4. The molecule has 1 heterocycles. The van der Waals surface area contributed by atoms with Gasteiger partial charge in [0.05, 0.1) is 11.0 Å². The standard InChI is InChI=1S/C7H8BrFN2O3/c8-5-3-11(2-4(12)1-9)7(14)10-6(5)13/h3-4,12H,1-2H2,(H,10,13,14). The number of H-pyrrole nitrogens is 1. The fourth-order valence-electron chi connectivity index (χ4n) is 0.894. The third kappa shape index (κ3) is 2.52. The van der Waals surface area contributed by atoms with Crippen molar-refractivity contribution in [3.8, 4) is 0 Å². The lowest BCUT2D eigenvalue weighted by Gasteiger charge is -2.08. The van der Waals surface area contributed by atoms with Crippen molar-refractivity contribution in [1.29, 1.82) is 0 Å². The lowest BCUT2D eigenvalue weighted by Crippen LogP contribution is -2.33. The molecule has 0 aliphatic rings. The Morgan fingerprint density at radius 3 is 2.86 bits per heavy atom. The predicted octanol–water partition coefficient (Wildman–Crippen LogP) is -0.370. The van der Waals surface area contributed by atoms with Crippen LogP contribution in [0.1, 0.15) is 0 Å². The van der Waals surface area contributed by atoms with Crippen LogP contribution >= 0.6 is 15.9 Å². The molecule has 0 amide bonds. The molecule has 0 aliphatic carbocycles. The number of hydrogen-bond acceptors (Lipinski definition) is 3. The Hall–Kier alpha value is -0.950. The molecular formula is C7H8BrFN2O3. The summed E-state index contributed by atoms with van der Waals surface area (Å²) in [6.45, 7) is -1.13. The summed E-state index contributed by atoms with van der Waals surface area (Å²) in [4.78, 5) is 24.0. The van der Waals surface area contributed by atoms with E-state index >= 15 is 0 Å². The first-order valence-corrected chi connectivity index (χ1v) is 4.57. The quantitative estimate of drug-likeness (QED) is 0.784. The molecular weight excluding hydrogens is 259 g/mol. The lowest BCUT2D eigenvalue weighted by molar-refractivity contribution is 0.120. The Kier molecular flexibility index (Phi) is 3.59. The second kappa shape index (κ2) is 4.52. The van der Waals surface area contributed by atoms with Crippen LogP contribution in [0.3, 0.4) is 0 Å². The third-order valence-corrected chi connectivity index (χ3v) is 2.12. The average Bonchev–Trinajstić information content (AvgIpc) is 2.14. The van der Waals surface area contributed by atoms with Gasteiger partial charge in [-0.05, 0) is 15.9 Å². The highest BCUT2D eigenvalue weighted by molar-refractivity contribution is 9.10. The van der Waals surface area contributed by atoms with Gasteiger partial charge >= 0.3 is 5.69 Å². The van der Waals surface area contributed by atoms with E-state index in [0.29, 0.717) is 0 Å². The van der Waals surface area contributed by atoms with E-state index < -0.39 is 24.0 Å². The normalized spacial score (nSPS) is 12.8. The zero-order valence-electron chi connectivity index (χ0n) is 7.04. The second-order valence-electron chi connectivity index (χ2n) is 2.70. The molecule has 0 aromatic carbocycles. The van der Waals surface area contributed by atoms with E-state index in [2.05, 4.69) is 15.9 Å². The van der Waals surface area contributed by atoms with E-state index in [-0.39, 0.29) is 11.0 Å². The molecule has 1 atom stereocenters. The second-order valence-corrected chi connectivity index (χ2v) is 3.55. The van der Waals surface area contributed by atoms with E-state index in [1.54, 1.807) is 0 Å². The Morgan fingerprint density at radius 1 is 1.64 bits per heavy atom. The summed E-state index contributed by atoms with van der Waals surface area (Å²) in [5, 5.41) is 8.95. The zero-order chi connectivity index (χ0) is 10.7. The van der Waals surface area contributed by atoms with Crippen molar-refractivity contribution in [2.45, 2.75) is 12.6 Å². The van der Waals surface area contributed by atoms with Crippen LogP contribution in [0, 0.1) is 0 Å². The van der Waals surface area contributed by atoms with Gasteiger partial charge in [0.25, 0.3) is 5.56 Å². The van der Waals surface area contributed by atoms with E-state index in [0.717, 1.165) is 4.57 Å². The zero-order valence-corrected chi connectivity index (χ0v) is 8.62. The van der Waals surface area contributed by atoms with Gasteiger partial charge in [0.1, 0.15) is 12.8 Å². The molecule has 0 bridgehead atoms. The molecule has 78 valence electrons. The topological polar surface area (TPSA) is 75.1 Å². The van der Waals surface area contributed by atoms with Crippen LogP contribution in [0.2, 0.25) is 0 Å². The van der Waals surface area contributed by atoms with Gasteiger partial charge < -0.3 is 5.11 Å². The monoisotopic (exact) mass is 266 g/mol. The number of nitrogens with one attached hydrogen (secondary N) is 1. The Morgan fingerprint density at radius 2 is 2.29 bits per heavy atom. The largest absolute Gasteiger partial charge is 0.389 e. The van der Waals surface area contributed by atoms with Gasteiger partial charge in [0.2, 0.25) is 0 Å². The summed E-state index contributed by atoms with van der Waals surface area (Å²) < 4.78 is 13.1. The fourth-order valence-corrected chi connectivity index (χ4v) is 1.24. The van der Waals surface area contributed by atoms with Crippen molar-refractivity contribution in [2.24, 2.45) is 0 Å². The number of halogens is 2. The van der Waals surface area contributed by atoms with Crippen molar-refractivity contribution in [1.82, 2.24) is 9.55 Å². The van der Waals surface area contributed by atoms with Crippen molar-refractivity contribution >= 4 is 15.9 Å². The number of nitrogens with zero attached hydrogens (tertiary/aromatic N) is 1. The molecule has 0 spiro atoms. The van der Waals surface area contributed by atoms with Crippen LogP contribution < -0.4 is 11.2 Å². The van der Waals surface area contributed by atoms with Gasteiger partial charge in [0, 0.05) is 6.20 Å². The summed E-state index contributed by atoms with van der Waals surface area (Å²) in [7, 11) is 0. The highest BCUT2D eigenvalue weighted by Crippen LogP contribution is 1.98. The van der Waals surface area contributed by atoms with Crippen LogP contribution in [-0.4, -0.2) is 27.4 Å². The van der Waals surface area contributed by atoms with Crippen LogP contribution in [0.15, 0.2) is 20.3 Å². The smallest absolute Gasteiger partial charge is 0.328 e. The van der Waals surface area contributed by atoms with Crippen molar-refractivity contribution in [3.05, 3.63) is 31.5 Å². The molecule has 0 radical (unpaired) electrons. The molecule has 14 heavy (non-hydrogen) atoms. The summed E-state index contributed by atoms with van der Waals surface area (Å²) in [5.41, 5.74) is -1.23. The number of aromatic amines is 1. The Labute approximate surface area is 86.3 Å². The van der Waals surface area contributed by atoms with Gasteiger partial charge in [-0.3, -0.25) is 14.3 Å². The van der Waals surface area contributed by atoms with Gasteiger partial charge in [0.15, 0.2) is 0 Å². The molecule has 0 saturated carbocycles. The Balaban J connectivity index is 3.04. The first-order valence-electron chi connectivity index (χ1n) is 3.78. The van der Waals surface area contributed by atoms with E-state index in [9.17, 15) is 14.0 Å². The number of hydrogen-bond donors (Lipinski definition) is 2. The third-order valence-electron chi connectivity index (χ3n) is 1.55. The molecule has 1 aromatic rings. The number of aromatic nitrogens is 2. The molecule has 0 aliphatic heterocycles. The summed E-state index contributed by atoms with van der Waals surface area (Å²) in [6, 6.07) is 0. The van der Waals surface area contributed by atoms with Gasteiger partial charge in [-0.25, -0.2) is 9.18 Å². The summed E-state index contributed by atoms with van der Waals surface area (Å²) in [6.07, 6.45) is -0.0365. The summed E-state index contributed by atoms with van der Waals surface area (Å²) in [5.74, 6) is 0. The van der Waals surface area contributed by atoms with Crippen LogP contribution in [0.5, 0.6) is 0 Å². The van der Waals surface area contributed by atoms with E-state index in [1.165, 1.54) is 6.20 Å². The molecule has 7 heteroatoms. The SMILES string of the molecule is O=c1[nH]c(=O)n(CC(O)CF)cc1Br. The maximum absolute atomic E-state index is 11.9. The average molecular weight is 267 g/mol. The minimum atomic E-state index is -1.24. The maximum atomic E-state index is 11.9. The molecule has 0 fully saturated rings. The number of aliphatic hydroxyl groups is 1. The molecule has 5 nitrogen and oxygen atoms in total. The van der Waals surface area contributed by atoms with Crippen LogP contribution in [0.4, 0.5) is 4.39 Å². The summed E-state index contributed by atoms with van der Waals surface area (Å²) >= 11 is 2.91. The molecule has 1 aromatic heterocycles. The Bertz CT molecular complexity index is 428. The number of rotatable bonds is 3. The molecule has 2 N–H and O–H groups in total. The molecule has 1 rings (SSSR count). The number of aliphatic hydroxyl groups excluding tert-OH is 1. The molecule has 0 saturated heterocycles. The predicted molar refractivity (Wildman–Crippen MR) is 51.0 cm³/mol. The number of alkyl halides is 1. The van der Waals surface area contributed by atoms with E-state index in [4.69, 9.17) is 5.11 Å². The highest BCUT2D eigenvalue weighted by Gasteiger charge is 2.07. The van der Waals surface area contributed by atoms with Crippen molar-refractivity contribution in [3.63, 3.8) is 0 Å². The van der Waals surface area contributed by atoms with Crippen LogP contribution in [0.25, 0.3) is 0 Å².